The minimum absolute atomic E-state index is 0.0732. The van der Waals surface area contributed by atoms with Gasteiger partial charge in [-0.25, -0.2) is 9.78 Å². The predicted molar refractivity (Wildman–Crippen MR) is 90.9 cm³/mol. The van der Waals surface area contributed by atoms with Gasteiger partial charge in [0.2, 0.25) is 0 Å². The largest absolute Gasteiger partial charge is 0.332 e. The Morgan fingerprint density at radius 2 is 1.61 bits per heavy atom. The molecule has 0 aliphatic carbocycles. The molecule has 2 aromatic rings. The monoisotopic (exact) mass is 322 g/mol. The summed E-state index contributed by atoms with van der Waals surface area (Å²) in [5.41, 5.74) is -0.122. The van der Waals surface area contributed by atoms with Crippen molar-refractivity contribution in [2.45, 2.75) is 67.1 Å². The quantitative estimate of drug-likeness (QED) is 0.841. The molecule has 0 unspecified atom stereocenters. The molecule has 0 aromatic carbocycles. The van der Waals surface area contributed by atoms with Gasteiger partial charge in [-0.15, -0.1) is 0 Å². The number of ketones is 1. The third-order valence-corrected chi connectivity index (χ3v) is 3.51. The van der Waals surface area contributed by atoms with Crippen molar-refractivity contribution in [3.63, 3.8) is 0 Å². The highest BCUT2D eigenvalue weighted by Crippen LogP contribution is 2.06. The third kappa shape index (κ3) is 3.97. The number of Topliss-reactive ketones (excluding diaryl/α,β-unsaturated/α-hetero) is 1. The molecule has 0 aliphatic rings. The predicted octanol–water partition coefficient (Wildman–Crippen LogP) is 1.79. The number of nitrogens with zero attached hydrogens (tertiary/aromatic N) is 4. The second-order valence-electron chi connectivity index (χ2n) is 5.32. The lowest BCUT2D eigenvalue weighted by molar-refractivity contribution is -0.117. The number of carbonyl (C=O) groups excluding carboxylic acids is 1. The summed E-state index contributed by atoms with van der Waals surface area (Å²) in [6.07, 6.45) is 4.07. The maximum absolute atomic E-state index is 12.3. The summed E-state index contributed by atoms with van der Waals surface area (Å²) in [5.74, 6) is -0.0732. The highest BCUT2D eigenvalue weighted by atomic mass is 16.2. The van der Waals surface area contributed by atoms with E-state index in [0.717, 1.165) is 4.57 Å². The molecule has 0 saturated heterocycles. The van der Waals surface area contributed by atoms with E-state index in [9.17, 15) is 14.4 Å². The summed E-state index contributed by atoms with van der Waals surface area (Å²) in [7, 11) is 0. The minimum atomic E-state index is -0.397. The zero-order valence-electron chi connectivity index (χ0n) is 14.6. The van der Waals surface area contributed by atoms with E-state index in [4.69, 9.17) is 0 Å². The van der Waals surface area contributed by atoms with Gasteiger partial charge in [0, 0.05) is 13.1 Å². The maximum Gasteiger partial charge on any atom is 0.332 e. The van der Waals surface area contributed by atoms with Gasteiger partial charge >= 0.3 is 5.69 Å². The van der Waals surface area contributed by atoms with Crippen LogP contribution in [0.15, 0.2) is 15.9 Å². The number of fused-ring (bicyclic) bond motifs is 1. The van der Waals surface area contributed by atoms with Crippen molar-refractivity contribution < 1.29 is 4.79 Å². The Labute approximate surface area is 135 Å². The van der Waals surface area contributed by atoms with Crippen molar-refractivity contribution in [1.29, 1.82) is 0 Å². The van der Waals surface area contributed by atoms with Gasteiger partial charge in [0.25, 0.3) is 5.56 Å². The van der Waals surface area contributed by atoms with Crippen LogP contribution < -0.4 is 11.2 Å². The molecule has 7 nitrogen and oxygen atoms in total. The zero-order valence-corrected chi connectivity index (χ0v) is 14.6. The summed E-state index contributed by atoms with van der Waals surface area (Å²) in [6, 6.07) is 0. The molecule has 7 heteroatoms. The van der Waals surface area contributed by atoms with Gasteiger partial charge in [-0.3, -0.25) is 18.7 Å². The summed E-state index contributed by atoms with van der Waals surface area (Å²) >= 11 is 0. The first-order valence-corrected chi connectivity index (χ1v) is 8.10. The third-order valence-electron chi connectivity index (χ3n) is 3.51. The van der Waals surface area contributed by atoms with Crippen LogP contribution in [0.5, 0.6) is 0 Å². The van der Waals surface area contributed by atoms with E-state index < -0.39 is 5.56 Å². The van der Waals surface area contributed by atoms with Crippen molar-refractivity contribution in [3.8, 4) is 0 Å². The van der Waals surface area contributed by atoms with Crippen LogP contribution in [0.25, 0.3) is 11.2 Å². The van der Waals surface area contributed by atoms with Crippen LogP contribution in [0.3, 0.4) is 0 Å². The van der Waals surface area contributed by atoms with E-state index in [1.807, 2.05) is 6.92 Å². The molecule has 128 valence electrons. The molecule has 0 aliphatic heterocycles. The first-order chi connectivity index (χ1) is 10.9. The minimum Gasteiger partial charge on any atom is -0.317 e. The topological polar surface area (TPSA) is 78.9 Å². The van der Waals surface area contributed by atoms with Crippen molar-refractivity contribution in [2.75, 3.05) is 0 Å². The second kappa shape index (κ2) is 8.45. The van der Waals surface area contributed by atoms with Crippen LogP contribution in [-0.4, -0.2) is 24.5 Å². The number of hydrogen-bond donors (Lipinski definition) is 0. The van der Waals surface area contributed by atoms with E-state index >= 15 is 0 Å². The van der Waals surface area contributed by atoms with Crippen LogP contribution in [-0.2, 0) is 24.4 Å². The fourth-order valence-electron chi connectivity index (χ4n) is 2.16. The molecule has 2 aromatic heterocycles. The number of aryl methyl sites for hydroxylation is 1. The standard InChI is InChI=1S/C12H16N4O3.C4H10/c1-4-15-10-9(11(18)16(5-2)12(15)19)14(7-13-10)6-8(3)17;1-3-4-2/h7H,4-6H2,1-3H3;3-4H2,1-2H3. The van der Waals surface area contributed by atoms with Gasteiger partial charge in [0.1, 0.15) is 5.78 Å². The first kappa shape index (κ1) is 18.9. The molecular formula is C16H26N4O3. The molecule has 0 saturated carbocycles. The number of aromatic nitrogens is 4. The van der Waals surface area contributed by atoms with E-state index in [-0.39, 0.29) is 18.0 Å². The Morgan fingerprint density at radius 1 is 1.04 bits per heavy atom. The zero-order chi connectivity index (χ0) is 17.6. The number of carbonyl (C=O) groups is 1. The van der Waals surface area contributed by atoms with E-state index in [2.05, 4.69) is 18.8 Å². The van der Waals surface area contributed by atoms with E-state index in [1.54, 1.807) is 6.92 Å². The highest BCUT2D eigenvalue weighted by molar-refractivity contribution is 5.78. The Balaban J connectivity index is 0.000000593. The Morgan fingerprint density at radius 3 is 2.04 bits per heavy atom. The lowest BCUT2D eigenvalue weighted by Crippen LogP contribution is -2.40. The van der Waals surface area contributed by atoms with Gasteiger partial charge in [-0.05, 0) is 20.8 Å². The molecule has 0 atom stereocenters. The molecule has 0 N–H and O–H groups in total. The molecule has 2 rings (SSSR count). The average molecular weight is 322 g/mol. The van der Waals surface area contributed by atoms with Gasteiger partial charge < -0.3 is 4.57 Å². The van der Waals surface area contributed by atoms with Gasteiger partial charge in [0.05, 0.1) is 12.9 Å². The fourth-order valence-corrected chi connectivity index (χ4v) is 2.16. The number of imidazole rings is 1. The number of unbranched alkanes of at least 4 members (excludes halogenated alkanes) is 1. The molecule has 2 heterocycles. The summed E-state index contributed by atoms with van der Waals surface area (Å²) in [4.78, 5) is 39.7. The second-order valence-corrected chi connectivity index (χ2v) is 5.32. The smallest absolute Gasteiger partial charge is 0.317 e. The molecule has 23 heavy (non-hydrogen) atoms. The summed E-state index contributed by atoms with van der Waals surface area (Å²) in [6.45, 7) is 10.2. The van der Waals surface area contributed by atoms with Crippen LogP contribution in [0.2, 0.25) is 0 Å². The van der Waals surface area contributed by atoms with Crippen LogP contribution >= 0.6 is 0 Å². The molecular weight excluding hydrogens is 296 g/mol. The fraction of sp³-hybridized carbons (Fsp3) is 0.625. The molecule has 0 amide bonds. The van der Waals surface area contributed by atoms with E-state index in [1.165, 1.54) is 35.2 Å². The molecule has 0 fully saturated rings. The molecule has 0 radical (unpaired) electrons. The van der Waals surface area contributed by atoms with Crippen molar-refractivity contribution in [2.24, 2.45) is 0 Å². The lowest BCUT2D eigenvalue weighted by Gasteiger charge is -2.09. The highest BCUT2D eigenvalue weighted by Gasteiger charge is 2.16. The maximum atomic E-state index is 12.3. The van der Waals surface area contributed by atoms with E-state index in [0.29, 0.717) is 24.3 Å². The van der Waals surface area contributed by atoms with Crippen molar-refractivity contribution >= 4 is 16.9 Å². The SMILES string of the molecule is CCCC.CCn1c(=O)c2c(ncn2CC(C)=O)n(CC)c1=O. The number of rotatable bonds is 5. The Kier molecular flexibility index (Phi) is 6.93. The van der Waals surface area contributed by atoms with Crippen LogP contribution in [0.1, 0.15) is 47.5 Å². The number of hydrogen-bond acceptors (Lipinski definition) is 4. The normalized spacial score (nSPS) is 10.5. The Bertz CT molecular complexity index is 781. The average Bonchev–Trinajstić information content (AvgIpc) is 2.91. The summed E-state index contributed by atoms with van der Waals surface area (Å²) in [5, 5.41) is 0. The summed E-state index contributed by atoms with van der Waals surface area (Å²) < 4.78 is 4.10. The van der Waals surface area contributed by atoms with Gasteiger partial charge in [-0.1, -0.05) is 26.7 Å². The van der Waals surface area contributed by atoms with Gasteiger partial charge in [-0.2, -0.15) is 0 Å². The van der Waals surface area contributed by atoms with Gasteiger partial charge in [0.15, 0.2) is 11.2 Å². The Hall–Kier alpha value is -2.18. The van der Waals surface area contributed by atoms with Crippen molar-refractivity contribution in [1.82, 2.24) is 18.7 Å². The van der Waals surface area contributed by atoms with Crippen molar-refractivity contribution in [3.05, 3.63) is 27.2 Å². The molecule has 0 spiro atoms. The lowest BCUT2D eigenvalue weighted by atomic mass is 10.4. The van der Waals surface area contributed by atoms with Crippen LogP contribution in [0, 0.1) is 0 Å². The first-order valence-electron chi connectivity index (χ1n) is 8.10. The molecule has 0 bridgehead atoms. The van der Waals surface area contributed by atoms with Crippen LogP contribution in [0.4, 0.5) is 0 Å².